The van der Waals surface area contributed by atoms with Gasteiger partial charge in [-0.1, -0.05) is 0 Å². The molecule has 0 radical (unpaired) electrons. The summed E-state index contributed by atoms with van der Waals surface area (Å²) in [5, 5.41) is 18.4. The number of carbonyl (C=O) groups excluding carboxylic acids is 1. The van der Waals surface area contributed by atoms with E-state index in [1.807, 2.05) is 0 Å². The lowest BCUT2D eigenvalue weighted by atomic mass is 10.0. The highest BCUT2D eigenvalue weighted by Gasteiger charge is 2.44. The molecular weight excluding hydrogens is 195 g/mol. The molecule has 6 heteroatoms. The Hall–Kier alpha value is -0.720. The lowest BCUT2D eigenvalue weighted by Gasteiger charge is -2.37. The van der Waals surface area contributed by atoms with Crippen molar-refractivity contribution in [2.24, 2.45) is 0 Å². The molecular formula is C8H13FO5. The topological polar surface area (TPSA) is 76.0 Å². The first-order chi connectivity index (χ1) is 6.43. The maximum atomic E-state index is 13.2. The Morgan fingerprint density at radius 3 is 2.50 bits per heavy atom. The van der Waals surface area contributed by atoms with Crippen molar-refractivity contribution >= 4 is 5.97 Å². The predicted molar refractivity (Wildman–Crippen MR) is 43.0 cm³/mol. The molecule has 1 rings (SSSR count). The highest BCUT2D eigenvalue weighted by Crippen LogP contribution is 2.24. The molecule has 1 heterocycles. The van der Waals surface area contributed by atoms with Crippen LogP contribution in [0.3, 0.4) is 0 Å². The molecule has 5 nitrogen and oxygen atoms in total. The summed E-state index contributed by atoms with van der Waals surface area (Å²) in [7, 11) is 0. The second-order valence-corrected chi connectivity index (χ2v) is 3.24. The third-order valence-electron chi connectivity index (χ3n) is 2.05. The lowest BCUT2D eigenvalue weighted by Crippen LogP contribution is -2.55. The zero-order valence-electron chi connectivity index (χ0n) is 7.88. The van der Waals surface area contributed by atoms with Crippen LogP contribution >= 0.6 is 0 Å². The molecule has 0 aromatic carbocycles. The molecule has 0 spiro atoms. The Kier molecular flexibility index (Phi) is 3.41. The lowest BCUT2D eigenvalue weighted by molar-refractivity contribution is -0.269. The van der Waals surface area contributed by atoms with E-state index in [4.69, 9.17) is 4.74 Å². The van der Waals surface area contributed by atoms with Crippen molar-refractivity contribution in [2.75, 3.05) is 0 Å². The number of hydrogen-bond acceptors (Lipinski definition) is 5. The fourth-order valence-corrected chi connectivity index (χ4v) is 1.25. The van der Waals surface area contributed by atoms with Crippen molar-refractivity contribution in [1.82, 2.24) is 0 Å². The standard InChI is InChI=1S/C8H13FO5/c1-3-6(11)7(12)5(9)8(13-3)14-4(2)10/h3,5-8,11-12H,1-2H3/t3-,5-,6+,7-,8?/m1/s1. The van der Waals surface area contributed by atoms with Gasteiger partial charge >= 0.3 is 5.97 Å². The maximum Gasteiger partial charge on any atom is 0.305 e. The third kappa shape index (κ3) is 2.20. The van der Waals surface area contributed by atoms with Gasteiger partial charge in [0.15, 0.2) is 6.17 Å². The highest BCUT2D eigenvalue weighted by molar-refractivity contribution is 5.66. The van der Waals surface area contributed by atoms with Gasteiger partial charge < -0.3 is 19.7 Å². The molecule has 0 amide bonds. The van der Waals surface area contributed by atoms with E-state index in [0.717, 1.165) is 6.92 Å². The number of ether oxygens (including phenoxy) is 2. The minimum Gasteiger partial charge on any atom is -0.433 e. The minimum atomic E-state index is -1.93. The van der Waals surface area contributed by atoms with Crippen molar-refractivity contribution in [1.29, 1.82) is 0 Å². The second kappa shape index (κ2) is 4.20. The summed E-state index contributed by atoms with van der Waals surface area (Å²) in [6.07, 6.45) is -7.05. The van der Waals surface area contributed by atoms with E-state index in [1.54, 1.807) is 0 Å². The van der Waals surface area contributed by atoms with E-state index in [-0.39, 0.29) is 0 Å². The average Bonchev–Trinajstić information content (AvgIpc) is 2.10. The molecule has 0 aromatic heterocycles. The Balaban J connectivity index is 2.65. The van der Waals surface area contributed by atoms with Crippen molar-refractivity contribution in [3.63, 3.8) is 0 Å². The van der Waals surface area contributed by atoms with Crippen LogP contribution in [-0.4, -0.2) is 47.0 Å². The van der Waals surface area contributed by atoms with Crippen LogP contribution in [0.2, 0.25) is 0 Å². The smallest absolute Gasteiger partial charge is 0.305 e. The van der Waals surface area contributed by atoms with Gasteiger partial charge in [0.2, 0.25) is 6.29 Å². The van der Waals surface area contributed by atoms with Gasteiger partial charge in [0.05, 0.1) is 6.10 Å². The SMILES string of the molecule is CC(=O)OC1O[C@H](C)[C@H](O)[C@H](O)[C@H]1F. The maximum absolute atomic E-state index is 13.2. The van der Waals surface area contributed by atoms with Crippen LogP contribution in [0, 0.1) is 0 Å². The molecule has 1 unspecified atom stereocenters. The van der Waals surface area contributed by atoms with Gasteiger partial charge in [-0.2, -0.15) is 0 Å². The normalized spacial score (nSPS) is 43.4. The molecule has 2 N–H and O–H groups in total. The molecule has 82 valence electrons. The van der Waals surface area contributed by atoms with Gasteiger partial charge in [-0.3, -0.25) is 4.79 Å². The molecule has 0 bridgehead atoms. The molecule has 1 saturated heterocycles. The number of esters is 1. The van der Waals surface area contributed by atoms with Gasteiger partial charge in [0.1, 0.15) is 12.2 Å². The number of carbonyl (C=O) groups is 1. The average molecular weight is 208 g/mol. The summed E-state index contributed by atoms with van der Waals surface area (Å²) in [6, 6.07) is 0. The Morgan fingerprint density at radius 1 is 1.43 bits per heavy atom. The van der Waals surface area contributed by atoms with E-state index in [9.17, 15) is 19.4 Å². The summed E-state index contributed by atoms with van der Waals surface area (Å²) in [4.78, 5) is 10.5. The largest absolute Gasteiger partial charge is 0.433 e. The monoisotopic (exact) mass is 208 g/mol. The number of alkyl halides is 1. The summed E-state index contributed by atoms with van der Waals surface area (Å²) >= 11 is 0. The van der Waals surface area contributed by atoms with Crippen LogP contribution < -0.4 is 0 Å². The fraction of sp³-hybridized carbons (Fsp3) is 0.875. The van der Waals surface area contributed by atoms with Crippen molar-refractivity contribution in [3.05, 3.63) is 0 Å². The Labute approximate surface area is 80.4 Å². The Morgan fingerprint density at radius 2 is 2.00 bits per heavy atom. The van der Waals surface area contributed by atoms with Crippen molar-refractivity contribution in [2.45, 2.75) is 44.6 Å². The van der Waals surface area contributed by atoms with Crippen LogP contribution in [0.25, 0.3) is 0 Å². The number of aliphatic hydroxyl groups is 2. The zero-order valence-corrected chi connectivity index (χ0v) is 7.88. The van der Waals surface area contributed by atoms with E-state index in [0.29, 0.717) is 0 Å². The quantitative estimate of drug-likeness (QED) is 0.560. The van der Waals surface area contributed by atoms with Crippen LogP contribution in [0.15, 0.2) is 0 Å². The molecule has 0 aliphatic carbocycles. The summed E-state index contributed by atoms with van der Waals surface area (Å²) in [5.41, 5.74) is 0. The van der Waals surface area contributed by atoms with Crippen LogP contribution in [0.5, 0.6) is 0 Å². The summed E-state index contributed by atoms with van der Waals surface area (Å²) in [5.74, 6) is -0.701. The van der Waals surface area contributed by atoms with E-state index in [1.165, 1.54) is 6.92 Å². The van der Waals surface area contributed by atoms with Crippen LogP contribution in [0.4, 0.5) is 4.39 Å². The van der Waals surface area contributed by atoms with Crippen molar-refractivity contribution < 1.29 is 28.9 Å². The van der Waals surface area contributed by atoms with Crippen LogP contribution in [0.1, 0.15) is 13.8 Å². The van der Waals surface area contributed by atoms with Crippen molar-refractivity contribution in [3.8, 4) is 0 Å². The van der Waals surface area contributed by atoms with E-state index >= 15 is 0 Å². The number of aliphatic hydroxyl groups excluding tert-OH is 2. The second-order valence-electron chi connectivity index (χ2n) is 3.24. The van der Waals surface area contributed by atoms with Gasteiger partial charge in [-0.05, 0) is 6.92 Å². The summed E-state index contributed by atoms with van der Waals surface area (Å²) in [6.45, 7) is 2.56. The molecule has 1 fully saturated rings. The molecule has 14 heavy (non-hydrogen) atoms. The van der Waals surface area contributed by atoms with Gasteiger partial charge in [-0.15, -0.1) is 0 Å². The zero-order chi connectivity index (χ0) is 10.9. The predicted octanol–water partition coefficient (Wildman–Crippen LogP) is -0.646. The van der Waals surface area contributed by atoms with E-state index in [2.05, 4.69) is 4.74 Å². The number of hydrogen-bond donors (Lipinski definition) is 2. The molecule has 1 aliphatic heterocycles. The third-order valence-corrected chi connectivity index (χ3v) is 2.05. The number of halogens is 1. The highest BCUT2D eigenvalue weighted by atomic mass is 19.1. The first-order valence-electron chi connectivity index (χ1n) is 4.26. The molecule has 1 aliphatic rings. The minimum absolute atomic E-state index is 0.701. The molecule has 0 saturated carbocycles. The van der Waals surface area contributed by atoms with Gasteiger partial charge in [0, 0.05) is 6.92 Å². The van der Waals surface area contributed by atoms with Gasteiger partial charge in [0.25, 0.3) is 0 Å². The molecule has 0 aromatic rings. The fourth-order valence-electron chi connectivity index (χ4n) is 1.25. The Bertz CT molecular complexity index is 222. The first-order valence-corrected chi connectivity index (χ1v) is 4.26. The first kappa shape index (κ1) is 11.4. The van der Waals surface area contributed by atoms with E-state index < -0.39 is 36.7 Å². The molecule has 5 atom stereocenters. The number of rotatable bonds is 1. The van der Waals surface area contributed by atoms with Crippen LogP contribution in [-0.2, 0) is 14.3 Å². The van der Waals surface area contributed by atoms with Gasteiger partial charge in [-0.25, -0.2) is 4.39 Å². The summed E-state index contributed by atoms with van der Waals surface area (Å²) < 4.78 is 22.6.